The number of anilines is 1. The number of nitrogens with zero attached hydrogens (tertiary/aromatic N) is 2. The van der Waals surface area contributed by atoms with E-state index >= 15 is 0 Å². The van der Waals surface area contributed by atoms with Gasteiger partial charge in [0.2, 0.25) is 0 Å². The number of carbonyl (C=O) groups excluding carboxylic acids is 1. The van der Waals surface area contributed by atoms with E-state index in [4.69, 9.17) is 10.5 Å². The fourth-order valence-corrected chi connectivity index (χ4v) is 1.97. The molecule has 20 heavy (non-hydrogen) atoms. The van der Waals surface area contributed by atoms with E-state index in [1.54, 1.807) is 4.57 Å². The molecule has 0 radical (unpaired) electrons. The third-order valence-corrected chi connectivity index (χ3v) is 2.73. The van der Waals surface area contributed by atoms with Crippen LogP contribution in [0.25, 0.3) is 11.4 Å². The first-order valence-electron chi connectivity index (χ1n) is 6.55. The third kappa shape index (κ3) is 3.38. The number of hydrogen-bond acceptors (Lipinski definition) is 4. The Labute approximate surface area is 118 Å². The van der Waals surface area contributed by atoms with Crippen LogP contribution in [0.4, 0.5) is 5.69 Å². The number of esters is 1. The minimum absolute atomic E-state index is 0.118. The molecule has 0 aliphatic carbocycles. The van der Waals surface area contributed by atoms with Crippen molar-refractivity contribution >= 4 is 11.7 Å². The molecular formula is C15H19N3O2. The lowest BCUT2D eigenvalue weighted by Gasteiger charge is -2.10. The van der Waals surface area contributed by atoms with Crippen LogP contribution in [0.2, 0.25) is 0 Å². The minimum atomic E-state index is -0.269. The van der Waals surface area contributed by atoms with Crippen molar-refractivity contribution < 1.29 is 9.53 Å². The Morgan fingerprint density at radius 1 is 1.35 bits per heavy atom. The van der Waals surface area contributed by atoms with E-state index in [1.807, 2.05) is 51.2 Å². The summed E-state index contributed by atoms with van der Waals surface area (Å²) in [7, 11) is 0. The monoisotopic (exact) mass is 273 g/mol. The molecule has 0 fully saturated rings. The van der Waals surface area contributed by atoms with Crippen molar-refractivity contribution in [3.05, 3.63) is 36.2 Å². The SMILES string of the molecule is Cc1cn(CC(=O)OC(C)C)c(-c2ccc(N)cc2)n1. The fraction of sp³-hybridized carbons (Fsp3) is 0.333. The normalized spacial score (nSPS) is 10.8. The number of imidazole rings is 1. The van der Waals surface area contributed by atoms with Gasteiger partial charge in [0.1, 0.15) is 12.4 Å². The standard InChI is InChI=1S/C15H19N3O2/c1-10(2)20-14(19)9-18-8-11(3)17-15(18)12-4-6-13(16)7-5-12/h4-8,10H,9,16H2,1-3H3. The van der Waals surface area contributed by atoms with Gasteiger partial charge in [0.05, 0.1) is 11.8 Å². The second-order valence-corrected chi connectivity index (χ2v) is 4.99. The zero-order valence-corrected chi connectivity index (χ0v) is 12.0. The first kappa shape index (κ1) is 14.1. The highest BCUT2D eigenvalue weighted by molar-refractivity contribution is 5.71. The Hall–Kier alpha value is -2.30. The summed E-state index contributed by atoms with van der Waals surface area (Å²) >= 11 is 0. The number of rotatable bonds is 4. The van der Waals surface area contributed by atoms with E-state index in [9.17, 15) is 4.79 Å². The van der Waals surface area contributed by atoms with Gasteiger partial charge in [-0.1, -0.05) is 0 Å². The predicted octanol–water partition coefficient (Wildman–Crippen LogP) is 2.39. The van der Waals surface area contributed by atoms with Crippen molar-refractivity contribution in [1.29, 1.82) is 0 Å². The summed E-state index contributed by atoms with van der Waals surface area (Å²) in [5, 5.41) is 0. The molecule has 0 bridgehead atoms. The summed E-state index contributed by atoms with van der Waals surface area (Å²) < 4.78 is 6.96. The molecule has 0 atom stereocenters. The summed E-state index contributed by atoms with van der Waals surface area (Å²) in [4.78, 5) is 16.2. The minimum Gasteiger partial charge on any atom is -0.462 e. The number of nitrogens with two attached hydrogens (primary N) is 1. The van der Waals surface area contributed by atoms with Crippen LogP contribution in [0.15, 0.2) is 30.5 Å². The van der Waals surface area contributed by atoms with Gasteiger partial charge in [0.25, 0.3) is 0 Å². The molecule has 2 N–H and O–H groups in total. The molecule has 5 heteroatoms. The molecule has 1 aromatic carbocycles. The second-order valence-electron chi connectivity index (χ2n) is 4.99. The summed E-state index contributed by atoms with van der Waals surface area (Å²) in [5.41, 5.74) is 8.16. The molecule has 5 nitrogen and oxygen atoms in total. The summed E-state index contributed by atoms with van der Waals surface area (Å²) in [6, 6.07) is 7.41. The lowest BCUT2D eigenvalue weighted by atomic mass is 10.2. The van der Waals surface area contributed by atoms with Gasteiger partial charge in [0, 0.05) is 17.4 Å². The van der Waals surface area contributed by atoms with Gasteiger partial charge < -0.3 is 15.0 Å². The maximum atomic E-state index is 11.8. The van der Waals surface area contributed by atoms with Crippen LogP contribution in [0.1, 0.15) is 19.5 Å². The highest BCUT2D eigenvalue weighted by Crippen LogP contribution is 2.20. The van der Waals surface area contributed by atoms with Gasteiger partial charge in [-0.15, -0.1) is 0 Å². The summed E-state index contributed by atoms with van der Waals surface area (Å²) in [6.45, 7) is 5.71. The van der Waals surface area contributed by atoms with Gasteiger partial charge >= 0.3 is 5.97 Å². The van der Waals surface area contributed by atoms with Gasteiger partial charge in [0.15, 0.2) is 0 Å². The number of ether oxygens (including phenoxy) is 1. The number of carbonyl (C=O) groups is 1. The molecule has 1 heterocycles. The molecule has 2 aromatic rings. The summed E-state index contributed by atoms with van der Waals surface area (Å²) in [6.07, 6.45) is 1.72. The van der Waals surface area contributed by atoms with E-state index in [2.05, 4.69) is 4.98 Å². The second kappa shape index (κ2) is 5.77. The lowest BCUT2D eigenvalue weighted by molar-refractivity contribution is -0.148. The molecule has 0 saturated carbocycles. The van der Waals surface area contributed by atoms with Crippen LogP contribution >= 0.6 is 0 Å². The predicted molar refractivity (Wildman–Crippen MR) is 78.0 cm³/mol. The molecule has 0 amide bonds. The molecule has 106 valence electrons. The third-order valence-electron chi connectivity index (χ3n) is 2.73. The van der Waals surface area contributed by atoms with E-state index in [0.717, 1.165) is 17.1 Å². The van der Waals surface area contributed by atoms with Crippen LogP contribution in [-0.2, 0) is 16.1 Å². The Balaban J connectivity index is 2.26. The molecule has 0 aliphatic heterocycles. The van der Waals surface area contributed by atoms with E-state index in [1.165, 1.54) is 0 Å². The lowest BCUT2D eigenvalue weighted by Crippen LogP contribution is -2.17. The molecule has 1 aromatic heterocycles. The maximum Gasteiger partial charge on any atom is 0.326 e. The van der Waals surface area contributed by atoms with E-state index < -0.39 is 0 Å². The maximum absolute atomic E-state index is 11.8. The van der Waals surface area contributed by atoms with E-state index in [-0.39, 0.29) is 18.6 Å². The fourth-order valence-electron chi connectivity index (χ4n) is 1.97. The van der Waals surface area contributed by atoms with Gasteiger partial charge in [-0.3, -0.25) is 4.79 Å². The van der Waals surface area contributed by atoms with Crippen molar-refractivity contribution in [2.24, 2.45) is 0 Å². The van der Waals surface area contributed by atoms with Crippen LogP contribution in [-0.4, -0.2) is 21.6 Å². The highest BCUT2D eigenvalue weighted by Gasteiger charge is 2.13. The Morgan fingerprint density at radius 3 is 2.60 bits per heavy atom. The molecule has 2 rings (SSSR count). The van der Waals surface area contributed by atoms with Crippen molar-refractivity contribution in [2.75, 3.05) is 5.73 Å². The van der Waals surface area contributed by atoms with Crippen molar-refractivity contribution in [3.8, 4) is 11.4 Å². The largest absolute Gasteiger partial charge is 0.462 e. The molecule has 0 saturated heterocycles. The molecule has 0 unspecified atom stereocenters. The van der Waals surface area contributed by atoms with Crippen molar-refractivity contribution in [3.63, 3.8) is 0 Å². The number of nitrogen functional groups attached to an aromatic ring is 1. The molecule has 0 aliphatic rings. The van der Waals surface area contributed by atoms with Crippen LogP contribution in [0.5, 0.6) is 0 Å². The van der Waals surface area contributed by atoms with Gasteiger partial charge in [-0.2, -0.15) is 0 Å². The number of hydrogen-bond donors (Lipinski definition) is 1. The number of aryl methyl sites for hydroxylation is 1. The van der Waals surface area contributed by atoms with E-state index in [0.29, 0.717) is 5.69 Å². The average Bonchev–Trinajstić information content (AvgIpc) is 2.70. The van der Waals surface area contributed by atoms with Crippen molar-refractivity contribution in [2.45, 2.75) is 33.4 Å². The number of benzene rings is 1. The first-order chi connectivity index (χ1) is 9.45. The van der Waals surface area contributed by atoms with Crippen LogP contribution in [0, 0.1) is 6.92 Å². The highest BCUT2D eigenvalue weighted by atomic mass is 16.5. The smallest absolute Gasteiger partial charge is 0.326 e. The topological polar surface area (TPSA) is 70.1 Å². The van der Waals surface area contributed by atoms with Crippen molar-refractivity contribution in [1.82, 2.24) is 9.55 Å². The molecular weight excluding hydrogens is 254 g/mol. The Kier molecular flexibility index (Phi) is 4.08. The first-order valence-corrected chi connectivity index (χ1v) is 6.55. The van der Waals surface area contributed by atoms with Gasteiger partial charge in [-0.05, 0) is 45.0 Å². The zero-order valence-electron chi connectivity index (χ0n) is 12.0. The zero-order chi connectivity index (χ0) is 14.7. The summed E-state index contributed by atoms with van der Waals surface area (Å²) in [5.74, 6) is 0.470. The number of aromatic nitrogens is 2. The Bertz CT molecular complexity index is 600. The molecule has 0 spiro atoms. The van der Waals surface area contributed by atoms with Gasteiger partial charge in [-0.25, -0.2) is 4.98 Å². The average molecular weight is 273 g/mol. The van der Waals surface area contributed by atoms with Crippen LogP contribution in [0.3, 0.4) is 0 Å². The van der Waals surface area contributed by atoms with Crippen LogP contribution < -0.4 is 5.73 Å². The Morgan fingerprint density at radius 2 is 2.00 bits per heavy atom. The quantitative estimate of drug-likeness (QED) is 0.686.